The maximum Gasteiger partial charge on any atom is 0.266 e. The first-order chi connectivity index (χ1) is 24.5. The molecular formula is C35H46N4O10S3. The minimum Gasteiger partial charge on any atom is -0.481 e. The van der Waals surface area contributed by atoms with Gasteiger partial charge in [-0.15, -0.1) is 23.6 Å². The highest BCUT2D eigenvalue weighted by atomic mass is 32.2. The van der Waals surface area contributed by atoms with Crippen molar-refractivity contribution in [2.24, 2.45) is 5.92 Å². The molecule has 0 spiro atoms. The number of hydrogen-bond donors (Lipinski definition) is 6. The molecule has 0 saturated heterocycles. The molecule has 14 nitrogen and oxygen atoms in total. The summed E-state index contributed by atoms with van der Waals surface area (Å²) >= 11 is 0.934. The molecule has 0 aromatic heterocycles. The van der Waals surface area contributed by atoms with E-state index in [0.29, 0.717) is 24.3 Å². The van der Waals surface area contributed by atoms with Crippen LogP contribution >= 0.6 is 11.8 Å². The summed E-state index contributed by atoms with van der Waals surface area (Å²) in [6.45, 7) is 8.63. The van der Waals surface area contributed by atoms with Gasteiger partial charge >= 0.3 is 0 Å². The first-order valence-corrected chi connectivity index (χ1v) is 20.3. The average molecular weight is 779 g/mol. The number of hydroxylamine groups is 2. The van der Waals surface area contributed by atoms with Gasteiger partial charge in [0.05, 0.1) is 15.0 Å². The van der Waals surface area contributed by atoms with Crippen LogP contribution in [-0.2, 0) is 29.6 Å². The third-order valence-corrected chi connectivity index (χ3v) is 12.7. The number of hydrogen-bond acceptors (Lipinski definition) is 11. The number of nitrogens with one attached hydrogen (secondary N) is 4. The number of thioether (sulfide) groups is 1. The van der Waals surface area contributed by atoms with E-state index in [0.717, 1.165) is 18.2 Å². The van der Waals surface area contributed by atoms with Crippen LogP contribution in [0.4, 0.5) is 0 Å². The molecule has 284 valence electrons. The Labute approximate surface area is 310 Å². The van der Waals surface area contributed by atoms with Gasteiger partial charge in [0.2, 0.25) is 20.0 Å². The van der Waals surface area contributed by atoms with Gasteiger partial charge in [-0.1, -0.05) is 51.9 Å². The van der Waals surface area contributed by atoms with E-state index < -0.39 is 59.4 Å². The number of rotatable bonds is 16. The van der Waals surface area contributed by atoms with E-state index in [2.05, 4.69) is 33.1 Å². The number of benzene rings is 2. The van der Waals surface area contributed by atoms with Crippen LogP contribution in [0.15, 0.2) is 58.3 Å². The van der Waals surface area contributed by atoms with Gasteiger partial charge in [0.1, 0.15) is 36.3 Å². The summed E-state index contributed by atoms with van der Waals surface area (Å²) in [5, 5.41) is 18.6. The Morgan fingerprint density at radius 2 is 1.29 bits per heavy atom. The molecule has 3 atom stereocenters. The molecule has 6 N–H and O–H groups in total. The molecule has 0 aliphatic heterocycles. The van der Waals surface area contributed by atoms with Crippen molar-refractivity contribution in [2.75, 3.05) is 13.2 Å². The van der Waals surface area contributed by atoms with Crippen molar-refractivity contribution in [3.63, 3.8) is 0 Å². The molecule has 3 unspecified atom stereocenters. The molecular weight excluding hydrogens is 733 g/mol. The van der Waals surface area contributed by atoms with Crippen LogP contribution in [0, 0.1) is 29.6 Å². The minimum atomic E-state index is -4.65. The molecule has 1 aliphatic carbocycles. The largest absolute Gasteiger partial charge is 0.481 e. The van der Waals surface area contributed by atoms with Gasteiger partial charge in [-0.2, -0.15) is 9.44 Å². The zero-order valence-electron chi connectivity index (χ0n) is 29.7. The summed E-state index contributed by atoms with van der Waals surface area (Å²) in [7, 11) is -9.26. The van der Waals surface area contributed by atoms with Crippen LogP contribution in [-0.4, -0.2) is 73.9 Å². The van der Waals surface area contributed by atoms with Crippen LogP contribution in [0.1, 0.15) is 66.7 Å². The van der Waals surface area contributed by atoms with Crippen molar-refractivity contribution < 1.29 is 46.3 Å². The van der Waals surface area contributed by atoms with Crippen LogP contribution < -0.4 is 29.9 Å². The second-order valence-electron chi connectivity index (χ2n) is 12.8. The predicted molar refractivity (Wildman–Crippen MR) is 196 cm³/mol. The normalized spacial score (nSPS) is 16.1. The lowest BCUT2D eigenvalue weighted by Crippen LogP contribution is -2.73. The van der Waals surface area contributed by atoms with E-state index >= 15 is 0 Å². The molecule has 2 amide bonds. The van der Waals surface area contributed by atoms with Crippen LogP contribution in [0.5, 0.6) is 11.5 Å². The third-order valence-electron chi connectivity index (χ3n) is 8.18. The van der Waals surface area contributed by atoms with Crippen molar-refractivity contribution in [1.29, 1.82) is 0 Å². The first-order valence-electron chi connectivity index (χ1n) is 16.4. The number of sulfonamides is 2. The summed E-state index contributed by atoms with van der Waals surface area (Å²) in [6, 6.07) is 8.60. The van der Waals surface area contributed by atoms with Gasteiger partial charge in [-0.3, -0.25) is 20.0 Å². The Morgan fingerprint density at radius 3 is 1.71 bits per heavy atom. The highest BCUT2D eigenvalue weighted by Gasteiger charge is 2.59. The molecule has 3 rings (SSSR count). The highest BCUT2D eigenvalue weighted by molar-refractivity contribution is 8.01. The van der Waals surface area contributed by atoms with E-state index in [4.69, 9.17) is 9.47 Å². The van der Waals surface area contributed by atoms with E-state index in [1.165, 1.54) is 54.0 Å². The molecule has 0 bridgehead atoms. The molecule has 0 radical (unpaired) electrons. The van der Waals surface area contributed by atoms with E-state index in [1.54, 1.807) is 40.1 Å². The molecule has 2 aromatic rings. The topological polar surface area (TPSA) is 209 Å². The van der Waals surface area contributed by atoms with Crippen LogP contribution in [0.3, 0.4) is 0 Å². The van der Waals surface area contributed by atoms with Crippen LogP contribution in [0.25, 0.3) is 0 Å². The van der Waals surface area contributed by atoms with E-state index in [-0.39, 0.29) is 35.8 Å². The lowest BCUT2D eigenvalue weighted by molar-refractivity contribution is -0.140. The first kappa shape index (κ1) is 42.6. The van der Waals surface area contributed by atoms with Gasteiger partial charge < -0.3 is 9.47 Å². The smallest absolute Gasteiger partial charge is 0.266 e. The number of carbonyl (C=O) groups excluding carboxylic acids is 2. The second kappa shape index (κ2) is 18.8. The lowest BCUT2D eigenvalue weighted by Gasteiger charge is -2.49. The zero-order valence-corrected chi connectivity index (χ0v) is 32.1. The molecule has 1 fully saturated rings. The molecule has 1 aliphatic rings. The lowest BCUT2D eigenvalue weighted by atomic mass is 9.71. The number of ether oxygens (including phenoxy) is 2. The zero-order chi connectivity index (χ0) is 38.6. The average Bonchev–Trinajstić information content (AvgIpc) is 3.12. The third kappa shape index (κ3) is 11.1. The summed E-state index contributed by atoms with van der Waals surface area (Å²) in [6.07, 6.45) is 2.50. The fraction of sp³-hybridized carbons (Fsp3) is 0.486. The predicted octanol–water partition coefficient (Wildman–Crippen LogP) is 3.35. The van der Waals surface area contributed by atoms with Gasteiger partial charge in [0.25, 0.3) is 11.8 Å². The fourth-order valence-corrected chi connectivity index (χ4v) is 10.3. The van der Waals surface area contributed by atoms with Gasteiger partial charge in [0, 0.05) is 4.75 Å². The summed E-state index contributed by atoms with van der Waals surface area (Å²) in [4.78, 5) is 27.3. The van der Waals surface area contributed by atoms with Crippen molar-refractivity contribution in [3.8, 4) is 35.2 Å². The minimum absolute atomic E-state index is 0.0729. The molecule has 17 heteroatoms. The quantitative estimate of drug-likeness (QED) is 0.0827. The Kier molecular flexibility index (Phi) is 15.4. The Bertz CT molecular complexity index is 1870. The summed E-state index contributed by atoms with van der Waals surface area (Å²) < 4.78 is 71.4. The van der Waals surface area contributed by atoms with Crippen molar-refractivity contribution in [2.45, 2.75) is 98.1 Å². The van der Waals surface area contributed by atoms with Gasteiger partial charge in [0.15, 0.2) is 0 Å². The maximum absolute atomic E-state index is 14.3. The Hall–Kier alpha value is -3.81. The molecule has 52 heavy (non-hydrogen) atoms. The second-order valence-corrected chi connectivity index (χ2v) is 18.2. The molecule has 1 saturated carbocycles. The van der Waals surface area contributed by atoms with Crippen LogP contribution in [0.2, 0.25) is 0 Å². The van der Waals surface area contributed by atoms with Crippen molar-refractivity contribution in [3.05, 3.63) is 48.5 Å². The van der Waals surface area contributed by atoms with E-state index in [9.17, 15) is 36.8 Å². The van der Waals surface area contributed by atoms with Crippen molar-refractivity contribution in [1.82, 2.24) is 20.4 Å². The van der Waals surface area contributed by atoms with Crippen molar-refractivity contribution >= 4 is 43.6 Å². The Morgan fingerprint density at radius 1 is 0.808 bits per heavy atom. The number of amides is 2. The monoisotopic (exact) mass is 778 g/mol. The summed E-state index contributed by atoms with van der Waals surface area (Å²) in [5.74, 6) is 8.16. The fourth-order valence-electron chi connectivity index (χ4n) is 5.84. The molecule has 2 aromatic carbocycles. The highest BCUT2D eigenvalue weighted by Crippen LogP contribution is 2.45. The van der Waals surface area contributed by atoms with Gasteiger partial charge in [-0.05, 0) is 81.1 Å². The summed E-state index contributed by atoms with van der Waals surface area (Å²) in [5.41, 5.74) is 0.732. The van der Waals surface area contributed by atoms with E-state index in [1.807, 2.05) is 0 Å². The SMILES string of the molecule is CC#CCOc1ccc(S(=O)(=O)NC(C(=O)NO)C(SC(C)(C)C)C(NS(=O)(=O)c2ccc(OCC#CC)cc2)(C(=O)NO)C2CCCCC2)cc1. The standard InChI is InChI=1S/C35H46N4O10S3/c1-6-8-23-48-26-15-19-28(20-16-26)51(44,45)38-30(32(40)36-42)31(50-34(3,4)5)35(33(41)37-43,25-13-11-10-12-14-25)39-52(46,47)29-21-17-27(18-22-29)49-24-9-7-2/h15-22,25,30-31,38-39,42-43H,10-14,23-24H2,1-5H3,(H,36,40)(H,37,41). The van der Waals surface area contributed by atoms with Gasteiger partial charge in [-0.25, -0.2) is 27.8 Å². The Balaban J connectivity index is 2.23. The maximum atomic E-state index is 14.3. The molecule has 0 heterocycles. The number of carbonyl (C=O) groups is 2.